The Labute approximate surface area is 268 Å². The number of ether oxygens (including phenoxy) is 1. The van der Waals surface area contributed by atoms with Crippen molar-refractivity contribution in [2.45, 2.75) is 38.4 Å². The van der Waals surface area contributed by atoms with Gasteiger partial charge >= 0.3 is 12.1 Å². The molecule has 1 unspecified atom stereocenters. The fraction of sp³-hybridized carbons (Fsp3) is 0.273. The van der Waals surface area contributed by atoms with Crippen LogP contribution in [0.3, 0.4) is 0 Å². The van der Waals surface area contributed by atoms with Crippen LogP contribution in [0.1, 0.15) is 27.0 Å². The van der Waals surface area contributed by atoms with Crippen molar-refractivity contribution >= 4 is 28.9 Å². The maximum absolute atomic E-state index is 16.0. The van der Waals surface area contributed by atoms with Crippen molar-refractivity contribution in [3.05, 3.63) is 117 Å². The van der Waals surface area contributed by atoms with E-state index in [0.717, 1.165) is 11.6 Å². The Morgan fingerprint density at radius 2 is 1.66 bits per heavy atom. The number of carbonyl (C=O) groups is 3. The molecule has 1 saturated heterocycles. The van der Waals surface area contributed by atoms with Gasteiger partial charge in [0.15, 0.2) is 5.82 Å². The highest BCUT2D eigenvalue weighted by Crippen LogP contribution is 2.24. The third-order valence-corrected chi connectivity index (χ3v) is 7.65. The van der Waals surface area contributed by atoms with Crippen molar-refractivity contribution in [2.24, 2.45) is 0 Å². The number of pyridine rings is 1. The molecule has 246 valence electrons. The van der Waals surface area contributed by atoms with E-state index in [4.69, 9.17) is 4.74 Å². The lowest BCUT2D eigenvalue weighted by Crippen LogP contribution is -2.49. The first-order valence-electron chi connectivity index (χ1n) is 15.0. The number of aryl methyl sites for hydroxylation is 2. The molecule has 2 amide bonds. The summed E-state index contributed by atoms with van der Waals surface area (Å²) in [5.41, 5.74) is -0.242. The summed E-state index contributed by atoms with van der Waals surface area (Å²) in [4.78, 5) is 50.9. The smallest absolute Gasteiger partial charge is 0.408 e. The zero-order valence-electron chi connectivity index (χ0n) is 25.2. The molecule has 1 fully saturated rings. The third-order valence-electron chi connectivity index (χ3n) is 7.65. The molecule has 3 aromatic carbocycles. The molecule has 4 aromatic rings. The second-order valence-electron chi connectivity index (χ2n) is 10.9. The largest absolute Gasteiger partial charge is 0.480 e. The van der Waals surface area contributed by atoms with Gasteiger partial charge in [0.2, 0.25) is 5.43 Å². The second kappa shape index (κ2) is 15.4. The van der Waals surface area contributed by atoms with Crippen LogP contribution in [0.25, 0.3) is 10.9 Å². The number of nitrogens with zero attached hydrogens (tertiary/aromatic N) is 1. The number of fused-ring (bicyclic) bond motifs is 1. The van der Waals surface area contributed by atoms with Gasteiger partial charge in [-0.05, 0) is 23.6 Å². The van der Waals surface area contributed by atoms with E-state index in [9.17, 15) is 24.3 Å². The Hall–Kier alpha value is -5.18. The molecular weight excluding hydrogens is 614 g/mol. The Morgan fingerprint density at radius 1 is 1.00 bits per heavy atom. The van der Waals surface area contributed by atoms with Gasteiger partial charge in [-0.2, -0.15) is 0 Å². The highest BCUT2D eigenvalue weighted by atomic mass is 19.1. The van der Waals surface area contributed by atoms with Gasteiger partial charge in [0.1, 0.15) is 30.3 Å². The van der Waals surface area contributed by atoms with E-state index in [1.54, 1.807) is 30.3 Å². The molecule has 12 nitrogen and oxygen atoms in total. The van der Waals surface area contributed by atoms with Crippen molar-refractivity contribution < 1.29 is 33.0 Å². The number of aromatic nitrogens is 1. The molecule has 0 saturated carbocycles. The molecule has 0 spiro atoms. The molecule has 0 bridgehead atoms. The highest BCUT2D eigenvalue weighted by molar-refractivity contribution is 5.98. The van der Waals surface area contributed by atoms with Gasteiger partial charge in [0.25, 0.3) is 5.91 Å². The van der Waals surface area contributed by atoms with Gasteiger partial charge in [-0.25, -0.2) is 18.4 Å². The van der Waals surface area contributed by atoms with Gasteiger partial charge in [0.05, 0.1) is 10.9 Å². The van der Waals surface area contributed by atoms with Crippen LogP contribution in [0, 0.1) is 11.6 Å². The first-order chi connectivity index (χ1) is 22.7. The molecule has 0 radical (unpaired) electrons. The van der Waals surface area contributed by atoms with E-state index in [1.165, 1.54) is 10.8 Å². The summed E-state index contributed by atoms with van der Waals surface area (Å²) in [5.74, 6) is -4.35. The van der Waals surface area contributed by atoms with E-state index in [0.29, 0.717) is 25.1 Å². The van der Waals surface area contributed by atoms with Crippen LogP contribution in [0.15, 0.2) is 77.7 Å². The average molecular weight is 649 g/mol. The highest BCUT2D eigenvalue weighted by Gasteiger charge is 2.26. The Kier molecular flexibility index (Phi) is 10.9. The number of carboxylic acid groups (broad SMARTS) is 1. The molecule has 2 heterocycles. The quantitative estimate of drug-likeness (QED) is 0.128. The summed E-state index contributed by atoms with van der Waals surface area (Å²) < 4.78 is 37.8. The number of carboxylic acids is 1. The summed E-state index contributed by atoms with van der Waals surface area (Å²) in [6, 6.07) is 17.3. The number of alkyl carbamates (subject to hydrolysis) is 1. The van der Waals surface area contributed by atoms with Gasteiger partial charge in [-0.1, -0.05) is 60.7 Å². The number of benzene rings is 3. The lowest BCUT2D eigenvalue weighted by Gasteiger charge is -2.19. The minimum Gasteiger partial charge on any atom is -0.480 e. The summed E-state index contributed by atoms with van der Waals surface area (Å²) >= 11 is 0. The molecule has 1 atom stereocenters. The third kappa shape index (κ3) is 8.35. The minimum absolute atomic E-state index is 0.107. The molecule has 1 aliphatic heterocycles. The molecule has 6 N–H and O–H groups in total. The zero-order chi connectivity index (χ0) is 33.3. The van der Waals surface area contributed by atoms with Crippen LogP contribution in [0.5, 0.6) is 0 Å². The lowest BCUT2D eigenvalue weighted by atomic mass is 10.0. The van der Waals surface area contributed by atoms with Crippen molar-refractivity contribution in [3.63, 3.8) is 0 Å². The van der Waals surface area contributed by atoms with Crippen LogP contribution < -0.4 is 32.0 Å². The molecular formula is C33H34F2N6O6. The first kappa shape index (κ1) is 33.2. The summed E-state index contributed by atoms with van der Waals surface area (Å²) in [6.07, 6.45) is 0.209. The van der Waals surface area contributed by atoms with E-state index >= 15 is 8.78 Å². The number of nitrogens with one attached hydrogen (secondary N) is 5. The molecule has 1 aliphatic rings. The van der Waals surface area contributed by atoms with Crippen LogP contribution >= 0.6 is 0 Å². The molecule has 47 heavy (non-hydrogen) atoms. The molecule has 5 rings (SSSR count). The predicted octanol–water partition coefficient (Wildman–Crippen LogP) is 2.20. The number of halogens is 2. The minimum atomic E-state index is -1.60. The van der Waals surface area contributed by atoms with Gasteiger partial charge in [-0.15, -0.1) is 0 Å². The fourth-order valence-electron chi connectivity index (χ4n) is 5.17. The van der Waals surface area contributed by atoms with E-state index in [-0.39, 0.29) is 42.5 Å². The summed E-state index contributed by atoms with van der Waals surface area (Å²) in [6.45, 7) is 0.619. The average Bonchev–Trinajstić information content (AvgIpc) is 3.60. The van der Waals surface area contributed by atoms with Gasteiger partial charge < -0.3 is 25.0 Å². The van der Waals surface area contributed by atoms with Crippen LogP contribution in [-0.4, -0.2) is 59.6 Å². The lowest BCUT2D eigenvalue weighted by molar-refractivity contribution is -0.139. The maximum atomic E-state index is 16.0. The summed E-state index contributed by atoms with van der Waals surface area (Å²) in [7, 11) is 0. The Balaban J connectivity index is 1.38. The number of hydrogen-bond acceptors (Lipinski definition) is 8. The van der Waals surface area contributed by atoms with Crippen molar-refractivity contribution in [1.82, 2.24) is 31.2 Å². The number of aliphatic carboxylic acids is 1. The Bertz CT molecular complexity index is 1800. The number of hydrogen-bond donors (Lipinski definition) is 6. The van der Waals surface area contributed by atoms with E-state index < -0.39 is 53.2 Å². The SMILES string of the molecule is O=C(NC(CNC(=O)c1cn(CCc2ccccc2)c2c(F)c(CNC3NCCN3)c(F)cc2c1=O)C(=O)O)OCc1ccccc1. The van der Waals surface area contributed by atoms with Crippen LogP contribution in [0.4, 0.5) is 13.6 Å². The van der Waals surface area contributed by atoms with Crippen LogP contribution in [0.2, 0.25) is 0 Å². The zero-order valence-corrected chi connectivity index (χ0v) is 25.2. The van der Waals surface area contributed by atoms with Crippen molar-refractivity contribution in [1.29, 1.82) is 0 Å². The summed E-state index contributed by atoms with van der Waals surface area (Å²) in [5, 5.41) is 23.0. The Morgan fingerprint density at radius 3 is 2.32 bits per heavy atom. The second-order valence-corrected chi connectivity index (χ2v) is 10.9. The van der Waals surface area contributed by atoms with Crippen molar-refractivity contribution in [3.8, 4) is 0 Å². The van der Waals surface area contributed by atoms with Gasteiger partial charge in [0, 0.05) is 44.5 Å². The maximum Gasteiger partial charge on any atom is 0.408 e. The van der Waals surface area contributed by atoms with E-state index in [2.05, 4.69) is 26.6 Å². The van der Waals surface area contributed by atoms with E-state index in [1.807, 2.05) is 30.3 Å². The number of carbonyl (C=O) groups excluding carboxylic acids is 2. The number of rotatable bonds is 13. The van der Waals surface area contributed by atoms with Crippen molar-refractivity contribution in [2.75, 3.05) is 19.6 Å². The molecule has 14 heteroatoms. The molecule has 0 aliphatic carbocycles. The molecule has 1 aromatic heterocycles. The first-order valence-corrected chi connectivity index (χ1v) is 15.0. The predicted molar refractivity (Wildman–Crippen MR) is 168 cm³/mol. The van der Waals surface area contributed by atoms with Crippen LogP contribution in [-0.2, 0) is 35.6 Å². The number of amides is 2. The normalized spacial score (nSPS) is 13.7. The monoisotopic (exact) mass is 648 g/mol. The fourth-order valence-corrected chi connectivity index (χ4v) is 5.17. The topological polar surface area (TPSA) is 163 Å². The van der Waals surface area contributed by atoms with Gasteiger partial charge in [-0.3, -0.25) is 25.5 Å². The standard InChI is InChI=1S/C33H34F2N6O6/c34-25-15-22-28(27(35)23(25)16-39-32-36-12-13-37-32)41(14-11-20-7-3-1-4-8-20)18-24(29(22)42)30(43)38-17-26(31(44)45)40-33(46)47-19-21-9-5-2-6-10-21/h1-10,15,18,26,32,36-37,39H,11-14,16-17,19H2,(H,38,43)(H,40,46)(H,44,45).